The van der Waals surface area contributed by atoms with Crippen LogP contribution in [-0.4, -0.2) is 48.4 Å². The van der Waals surface area contributed by atoms with Crippen molar-refractivity contribution >= 4 is 18.3 Å². The molecule has 0 aromatic heterocycles. The van der Waals surface area contributed by atoms with E-state index in [0.29, 0.717) is 13.0 Å². The highest BCUT2D eigenvalue weighted by Gasteiger charge is 2.27. The Labute approximate surface area is 154 Å². The first-order chi connectivity index (χ1) is 12.5. The predicted molar refractivity (Wildman–Crippen MR) is 99.9 cm³/mol. The van der Waals surface area contributed by atoms with Crippen LogP contribution in [0.15, 0.2) is 30.3 Å². The van der Waals surface area contributed by atoms with Crippen LogP contribution < -0.4 is 10.6 Å². The summed E-state index contributed by atoms with van der Waals surface area (Å²) in [5.74, 6) is 0.0500. The van der Waals surface area contributed by atoms with E-state index in [2.05, 4.69) is 10.6 Å². The Kier molecular flexibility index (Phi) is 7.44. The topological polar surface area (TPSA) is 94.5 Å². The van der Waals surface area contributed by atoms with Crippen LogP contribution in [0.1, 0.15) is 32.3 Å². The lowest BCUT2D eigenvalue weighted by molar-refractivity contribution is -0.124. The standard InChI is InChI=1S/C19H28N4O3/c1-14(2)10-17(18(24)21-16-8-9-23(11-16)13-20)22-19(25)26-12-15-6-4-3-5-7-15/h3-7,13-14,16-17,20H,8-12H2,1-2H3,(H,21,24)(H,22,25)/t16-,17+/m1/s1. The Balaban J connectivity index is 1.86. The van der Waals surface area contributed by atoms with Crippen molar-refractivity contribution in [1.82, 2.24) is 15.5 Å². The van der Waals surface area contributed by atoms with Gasteiger partial charge in [-0.2, -0.15) is 0 Å². The van der Waals surface area contributed by atoms with Gasteiger partial charge < -0.3 is 20.3 Å². The van der Waals surface area contributed by atoms with Gasteiger partial charge in [0.05, 0.1) is 6.34 Å². The number of carbonyl (C=O) groups excluding carboxylic acids is 2. The van der Waals surface area contributed by atoms with E-state index in [0.717, 1.165) is 18.5 Å². The van der Waals surface area contributed by atoms with E-state index >= 15 is 0 Å². The monoisotopic (exact) mass is 360 g/mol. The molecule has 1 aromatic rings. The van der Waals surface area contributed by atoms with E-state index in [-0.39, 0.29) is 24.5 Å². The van der Waals surface area contributed by atoms with Crippen molar-refractivity contribution < 1.29 is 14.3 Å². The molecular formula is C19H28N4O3. The number of rotatable bonds is 8. The lowest BCUT2D eigenvalue weighted by Gasteiger charge is -2.22. The molecule has 142 valence electrons. The highest BCUT2D eigenvalue weighted by molar-refractivity contribution is 5.85. The molecule has 0 spiro atoms. The van der Waals surface area contributed by atoms with Gasteiger partial charge in [0.15, 0.2) is 0 Å². The molecular weight excluding hydrogens is 332 g/mol. The van der Waals surface area contributed by atoms with Crippen molar-refractivity contribution in [2.24, 2.45) is 5.92 Å². The van der Waals surface area contributed by atoms with E-state index < -0.39 is 12.1 Å². The first-order valence-corrected chi connectivity index (χ1v) is 9.00. The molecule has 0 radical (unpaired) electrons. The second-order valence-electron chi connectivity index (χ2n) is 7.01. The fourth-order valence-corrected chi connectivity index (χ4v) is 2.93. The summed E-state index contributed by atoms with van der Waals surface area (Å²) in [6.45, 7) is 5.56. The second-order valence-corrected chi connectivity index (χ2v) is 7.01. The zero-order chi connectivity index (χ0) is 18.9. The van der Waals surface area contributed by atoms with E-state index in [1.165, 1.54) is 6.34 Å². The maximum Gasteiger partial charge on any atom is 0.408 e. The average molecular weight is 360 g/mol. The van der Waals surface area contributed by atoms with Crippen LogP contribution in [0.5, 0.6) is 0 Å². The van der Waals surface area contributed by atoms with Crippen molar-refractivity contribution in [3.05, 3.63) is 35.9 Å². The molecule has 1 heterocycles. The molecule has 2 atom stereocenters. The maximum absolute atomic E-state index is 12.6. The molecule has 26 heavy (non-hydrogen) atoms. The fraction of sp³-hybridized carbons (Fsp3) is 0.526. The number of nitrogens with zero attached hydrogens (tertiary/aromatic N) is 1. The summed E-state index contributed by atoms with van der Waals surface area (Å²) in [7, 11) is 0. The third-order valence-electron chi connectivity index (χ3n) is 4.28. The minimum absolute atomic E-state index is 0.000835. The SMILES string of the molecule is CC(C)C[C@H](NC(=O)OCc1ccccc1)C(=O)N[C@@H]1CCN(C=N)C1. The van der Waals surface area contributed by atoms with Crippen LogP contribution in [0.3, 0.4) is 0 Å². The van der Waals surface area contributed by atoms with Crippen molar-refractivity contribution in [1.29, 1.82) is 5.41 Å². The predicted octanol–water partition coefficient (Wildman–Crippen LogP) is 2.13. The van der Waals surface area contributed by atoms with Crippen molar-refractivity contribution in [2.45, 2.75) is 45.4 Å². The summed E-state index contributed by atoms with van der Waals surface area (Å²) in [5.41, 5.74) is 0.894. The summed E-state index contributed by atoms with van der Waals surface area (Å²) in [6, 6.07) is 8.78. The summed E-state index contributed by atoms with van der Waals surface area (Å²) < 4.78 is 5.23. The molecule has 1 aliphatic heterocycles. The minimum Gasteiger partial charge on any atom is -0.445 e. The van der Waals surface area contributed by atoms with E-state index in [4.69, 9.17) is 10.1 Å². The molecule has 2 rings (SSSR count). The van der Waals surface area contributed by atoms with Gasteiger partial charge >= 0.3 is 6.09 Å². The van der Waals surface area contributed by atoms with Gasteiger partial charge in [0.25, 0.3) is 0 Å². The van der Waals surface area contributed by atoms with Crippen LogP contribution in [-0.2, 0) is 16.1 Å². The highest BCUT2D eigenvalue weighted by atomic mass is 16.5. The summed E-state index contributed by atoms with van der Waals surface area (Å²) >= 11 is 0. The quantitative estimate of drug-likeness (QED) is 0.489. The average Bonchev–Trinajstić information content (AvgIpc) is 3.07. The fourth-order valence-electron chi connectivity index (χ4n) is 2.93. The molecule has 0 unspecified atom stereocenters. The van der Waals surface area contributed by atoms with Crippen LogP contribution in [0.4, 0.5) is 4.79 Å². The van der Waals surface area contributed by atoms with E-state index in [1.54, 1.807) is 0 Å². The Bertz CT molecular complexity index is 606. The minimum atomic E-state index is -0.632. The van der Waals surface area contributed by atoms with Crippen molar-refractivity contribution in [3.63, 3.8) is 0 Å². The molecule has 1 fully saturated rings. The third-order valence-corrected chi connectivity index (χ3v) is 4.28. The van der Waals surface area contributed by atoms with Crippen LogP contribution in [0.2, 0.25) is 0 Å². The maximum atomic E-state index is 12.6. The Morgan fingerprint density at radius 3 is 2.69 bits per heavy atom. The molecule has 0 saturated carbocycles. The first kappa shape index (κ1) is 19.8. The lowest BCUT2D eigenvalue weighted by atomic mass is 10.0. The highest BCUT2D eigenvalue weighted by Crippen LogP contribution is 2.10. The van der Waals surface area contributed by atoms with Gasteiger partial charge in [-0.3, -0.25) is 10.2 Å². The second kappa shape index (κ2) is 9.79. The van der Waals surface area contributed by atoms with Gasteiger partial charge in [-0.05, 0) is 24.3 Å². The van der Waals surface area contributed by atoms with E-state index in [9.17, 15) is 9.59 Å². The molecule has 1 aromatic carbocycles. The van der Waals surface area contributed by atoms with Gasteiger partial charge in [0.2, 0.25) is 5.91 Å². The number of nitrogens with one attached hydrogen (secondary N) is 3. The molecule has 0 bridgehead atoms. The van der Waals surface area contributed by atoms with Gasteiger partial charge in [0.1, 0.15) is 12.6 Å². The number of likely N-dealkylation sites (tertiary alicyclic amines) is 1. The largest absolute Gasteiger partial charge is 0.445 e. The van der Waals surface area contributed by atoms with E-state index in [1.807, 2.05) is 49.1 Å². The summed E-state index contributed by atoms with van der Waals surface area (Å²) in [6.07, 6.45) is 2.03. The number of benzene rings is 1. The van der Waals surface area contributed by atoms with Crippen LogP contribution >= 0.6 is 0 Å². The Hall–Kier alpha value is -2.57. The number of alkyl carbamates (subject to hydrolysis) is 1. The van der Waals surface area contributed by atoms with Gasteiger partial charge in [0, 0.05) is 19.1 Å². The third kappa shape index (κ3) is 6.38. The molecule has 0 aliphatic carbocycles. The Morgan fingerprint density at radius 1 is 1.35 bits per heavy atom. The molecule has 1 saturated heterocycles. The lowest BCUT2D eigenvalue weighted by Crippen LogP contribution is -2.50. The van der Waals surface area contributed by atoms with Gasteiger partial charge in [-0.15, -0.1) is 0 Å². The molecule has 1 aliphatic rings. The van der Waals surface area contributed by atoms with Gasteiger partial charge in [-0.25, -0.2) is 4.79 Å². The zero-order valence-electron chi connectivity index (χ0n) is 15.4. The normalized spacial score (nSPS) is 17.7. The molecule has 7 heteroatoms. The number of ether oxygens (including phenoxy) is 1. The number of hydrogen-bond acceptors (Lipinski definition) is 4. The van der Waals surface area contributed by atoms with Crippen LogP contribution in [0.25, 0.3) is 0 Å². The smallest absolute Gasteiger partial charge is 0.408 e. The molecule has 3 N–H and O–H groups in total. The van der Waals surface area contributed by atoms with Gasteiger partial charge in [-0.1, -0.05) is 44.2 Å². The summed E-state index contributed by atoms with van der Waals surface area (Å²) in [5, 5.41) is 12.9. The molecule has 2 amide bonds. The number of carbonyl (C=O) groups is 2. The number of amides is 2. The van der Waals surface area contributed by atoms with Crippen LogP contribution in [0, 0.1) is 11.3 Å². The first-order valence-electron chi connectivity index (χ1n) is 9.00. The Morgan fingerprint density at radius 2 is 2.08 bits per heavy atom. The number of hydrogen-bond donors (Lipinski definition) is 3. The van der Waals surface area contributed by atoms with Crippen molar-refractivity contribution in [2.75, 3.05) is 13.1 Å². The zero-order valence-corrected chi connectivity index (χ0v) is 15.4. The summed E-state index contributed by atoms with van der Waals surface area (Å²) in [4.78, 5) is 26.5. The van der Waals surface area contributed by atoms with Crippen molar-refractivity contribution in [3.8, 4) is 0 Å². The molecule has 7 nitrogen and oxygen atoms in total.